The number of methoxy groups -OCH3 is 1. The van der Waals surface area contributed by atoms with Crippen LogP contribution in [0.3, 0.4) is 0 Å². The van der Waals surface area contributed by atoms with E-state index in [9.17, 15) is 14.7 Å². The second-order valence-corrected chi connectivity index (χ2v) is 6.64. The number of likely N-dealkylation sites (tertiary alicyclic amines) is 1. The lowest BCUT2D eigenvalue weighted by atomic mass is 9.88. The van der Waals surface area contributed by atoms with Crippen LogP contribution in [0.15, 0.2) is 12.1 Å². The Labute approximate surface area is 137 Å². The summed E-state index contributed by atoms with van der Waals surface area (Å²) in [5, 5.41) is 9.48. The van der Waals surface area contributed by atoms with E-state index in [-0.39, 0.29) is 19.1 Å². The minimum absolute atomic E-state index is 0.0146. The first kappa shape index (κ1) is 17.5. The summed E-state index contributed by atoms with van der Waals surface area (Å²) in [4.78, 5) is 25.8. The largest absolute Gasteiger partial charge is 0.481 e. The van der Waals surface area contributed by atoms with Gasteiger partial charge in [0, 0.05) is 20.2 Å². The lowest BCUT2D eigenvalue weighted by molar-refractivity contribution is -0.151. The number of aliphatic carboxylic acids is 1. The Hall–Kier alpha value is -1.88. The van der Waals surface area contributed by atoms with Crippen LogP contribution < -0.4 is 0 Å². The molecule has 126 valence electrons. The second-order valence-electron chi connectivity index (χ2n) is 6.64. The zero-order valence-corrected chi connectivity index (χ0v) is 14.3. The highest BCUT2D eigenvalue weighted by Gasteiger charge is 2.46. The Morgan fingerprint density at radius 3 is 2.39 bits per heavy atom. The molecule has 0 spiro atoms. The van der Waals surface area contributed by atoms with Crippen LogP contribution in [0.4, 0.5) is 0 Å². The summed E-state index contributed by atoms with van der Waals surface area (Å²) in [5.74, 6) is -0.906. The van der Waals surface area contributed by atoms with Gasteiger partial charge in [-0.05, 0) is 43.9 Å². The summed E-state index contributed by atoms with van der Waals surface area (Å²) < 4.78 is 5.07. The highest BCUT2D eigenvalue weighted by molar-refractivity contribution is 5.82. The Balaban J connectivity index is 2.13. The molecule has 5 nitrogen and oxygen atoms in total. The fourth-order valence-electron chi connectivity index (χ4n) is 3.47. The van der Waals surface area contributed by atoms with Gasteiger partial charge in [0.2, 0.25) is 5.91 Å². The number of nitrogens with zero attached hydrogens (tertiary/aromatic N) is 1. The Kier molecular flexibility index (Phi) is 5.09. The molecule has 1 amide bonds. The molecule has 0 saturated carbocycles. The monoisotopic (exact) mass is 319 g/mol. The van der Waals surface area contributed by atoms with Crippen molar-refractivity contribution in [1.82, 2.24) is 4.90 Å². The number of hydrogen-bond acceptors (Lipinski definition) is 3. The van der Waals surface area contributed by atoms with Gasteiger partial charge in [-0.2, -0.15) is 0 Å². The third kappa shape index (κ3) is 3.55. The zero-order valence-electron chi connectivity index (χ0n) is 14.3. The van der Waals surface area contributed by atoms with E-state index >= 15 is 0 Å². The number of carboxylic acid groups (broad SMARTS) is 1. The summed E-state index contributed by atoms with van der Waals surface area (Å²) in [7, 11) is 1.49. The first-order chi connectivity index (χ1) is 10.8. The van der Waals surface area contributed by atoms with Gasteiger partial charge < -0.3 is 14.7 Å². The number of carboxylic acids is 1. The van der Waals surface area contributed by atoms with Crippen molar-refractivity contribution < 1.29 is 19.4 Å². The lowest BCUT2D eigenvalue weighted by Crippen LogP contribution is -2.40. The Bertz CT molecular complexity index is 602. The summed E-state index contributed by atoms with van der Waals surface area (Å²) in [6, 6.07) is 4.15. The van der Waals surface area contributed by atoms with Crippen molar-refractivity contribution in [2.75, 3.05) is 26.8 Å². The van der Waals surface area contributed by atoms with E-state index in [1.807, 2.05) is 20.8 Å². The van der Waals surface area contributed by atoms with Crippen molar-refractivity contribution in [3.63, 3.8) is 0 Å². The minimum atomic E-state index is -0.970. The predicted molar refractivity (Wildman–Crippen MR) is 87.5 cm³/mol. The van der Waals surface area contributed by atoms with Crippen molar-refractivity contribution in [2.45, 2.75) is 33.6 Å². The van der Waals surface area contributed by atoms with E-state index in [0.717, 1.165) is 16.7 Å². The van der Waals surface area contributed by atoms with E-state index in [0.29, 0.717) is 19.4 Å². The predicted octanol–water partition coefficient (Wildman–Crippen LogP) is 2.10. The molecule has 1 saturated heterocycles. The van der Waals surface area contributed by atoms with E-state index < -0.39 is 11.4 Å². The number of carbonyl (C=O) groups is 2. The number of rotatable bonds is 5. The molecule has 1 heterocycles. The molecule has 1 aliphatic heterocycles. The average molecular weight is 319 g/mol. The topological polar surface area (TPSA) is 66.8 Å². The molecular formula is C18H25NO4. The maximum absolute atomic E-state index is 12.6. The summed E-state index contributed by atoms with van der Waals surface area (Å²) in [5.41, 5.74) is 3.47. The molecular weight excluding hydrogens is 294 g/mol. The summed E-state index contributed by atoms with van der Waals surface area (Å²) >= 11 is 0. The number of benzene rings is 1. The smallest absolute Gasteiger partial charge is 0.313 e. The van der Waals surface area contributed by atoms with Gasteiger partial charge in [0.05, 0.1) is 13.0 Å². The van der Waals surface area contributed by atoms with Crippen LogP contribution in [0.5, 0.6) is 0 Å². The molecule has 0 aliphatic carbocycles. The quantitative estimate of drug-likeness (QED) is 0.902. The minimum Gasteiger partial charge on any atom is -0.481 e. The second kappa shape index (κ2) is 6.71. The van der Waals surface area contributed by atoms with Crippen LogP contribution in [0, 0.1) is 26.2 Å². The van der Waals surface area contributed by atoms with Gasteiger partial charge in [-0.1, -0.05) is 17.7 Å². The summed E-state index contributed by atoms with van der Waals surface area (Å²) in [6.45, 7) is 6.89. The Morgan fingerprint density at radius 2 is 1.87 bits per heavy atom. The fourth-order valence-corrected chi connectivity index (χ4v) is 3.47. The van der Waals surface area contributed by atoms with Crippen molar-refractivity contribution in [3.8, 4) is 0 Å². The van der Waals surface area contributed by atoms with Gasteiger partial charge in [-0.3, -0.25) is 9.59 Å². The first-order valence-corrected chi connectivity index (χ1v) is 7.86. The number of aryl methyl sites for hydroxylation is 3. The molecule has 1 unspecified atom stereocenters. The molecule has 1 fully saturated rings. The normalized spacial score (nSPS) is 20.8. The standard InChI is InChI=1S/C18H25NO4/c1-12-7-13(2)15(14(3)8-12)9-16(20)19-6-5-18(10-19,11-23-4)17(21)22/h7-8H,5-6,9-11H2,1-4H3,(H,21,22). The van der Waals surface area contributed by atoms with Gasteiger partial charge in [-0.25, -0.2) is 0 Å². The van der Waals surface area contributed by atoms with Crippen molar-refractivity contribution in [1.29, 1.82) is 0 Å². The maximum atomic E-state index is 12.6. The maximum Gasteiger partial charge on any atom is 0.313 e. The molecule has 1 aromatic carbocycles. The van der Waals surface area contributed by atoms with Crippen LogP contribution >= 0.6 is 0 Å². The van der Waals surface area contributed by atoms with E-state index in [1.54, 1.807) is 4.90 Å². The van der Waals surface area contributed by atoms with Crippen LogP contribution in [-0.4, -0.2) is 48.7 Å². The zero-order chi connectivity index (χ0) is 17.2. The first-order valence-electron chi connectivity index (χ1n) is 7.86. The number of amides is 1. The number of hydrogen-bond donors (Lipinski definition) is 1. The van der Waals surface area contributed by atoms with Crippen LogP contribution in [0.1, 0.15) is 28.7 Å². The van der Waals surface area contributed by atoms with Gasteiger partial charge in [-0.15, -0.1) is 0 Å². The van der Waals surface area contributed by atoms with E-state index in [2.05, 4.69) is 12.1 Å². The van der Waals surface area contributed by atoms with Gasteiger partial charge in [0.15, 0.2) is 0 Å². The molecule has 23 heavy (non-hydrogen) atoms. The Morgan fingerprint density at radius 1 is 1.26 bits per heavy atom. The number of carbonyl (C=O) groups excluding carboxylic acids is 1. The van der Waals surface area contributed by atoms with Crippen LogP contribution in [-0.2, 0) is 20.7 Å². The molecule has 0 bridgehead atoms. The SMILES string of the molecule is COCC1(C(=O)O)CCN(C(=O)Cc2c(C)cc(C)cc2C)C1. The van der Waals surface area contributed by atoms with Crippen LogP contribution in [0.25, 0.3) is 0 Å². The number of ether oxygens (including phenoxy) is 1. The van der Waals surface area contributed by atoms with Gasteiger partial charge >= 0.3 is 5.97 Å². The van der Waals surface area contributed by atoms with Gasteiger partial charge in [0.25, 0.3) is 0 Å². The molecule has 0 aromatic heterocycles. The fraction of sp³-hybridized carbons (Fsp3) is 0.556. The summed E-state index contributed by atoms with van der Waals surface area (Å²) in [6.07, 6.45) is 0.758. The third-order valence-corrected chi connectivity index (χ3v) is 4.75. The molecule has 1 atom stereocenters. The van der Waals surface area contributed by atoms with E-state index in [4.69, 9.17) is 4.74 Å². The highest BCUT2D eigenvalue weighted by Crippen LogP contribution is 2.32. The average Bonchev–Trinajstić information content (AvgIpc) is 2.89. The third-order valence-electron chi connectivity index (χ3n) is 4.75. The van der Waals surface area contributed by atoms with E-state index in [1.165, 1.54) is 12.7 Å². The molecule has 0 radical (unpaired) electrons. The van der Waals surface area contributed by atoms with Crippen molar-refractivity contribution in [3.05, 3.63) is 34.4 Å². The van der Waals surface area contributed by atoms with Crippen molar-refractivity contribution >= 4 is 11.9 Å². The van der Waals surface area contributed by atoms with Crippen molar-refractivity contribution in [2.24, 2.45) is 5.41 Å². The molecule has 1 N–H and O–H groups in total. The molecule has 5 heteroatoms. The molecule has 1 aromatic rings. The molecule has 2 rings (SSSR count). The lowest BCUT2D eigenvalue weighted by Gasteiger charge is -2.24. The molecule has 1 aliphatic rings. The van der Waals surface area contributed by atoms with Gasteiger partial charge in [0.1, 0.15) is 5.41 Å². The van der Waals surface area contributed by atoms with Crippen LogP contribution in [0.2, 0.25) is 0 Å². The highest BCUT2D eigenvalue weighted by atomic mass is 16.5.